The Hall–Kier alpha value is -1.75. The average molecular weight is 232 g/mol. The zero-order chi connectivity index (χ0) is 12.3. The number of aromatic nitrogens is 3. The fourth-order valence-electron chi connectivity index (χ4n) is 1.51. The maximum absolute atomic E-state index is 5.89. The average Bonchev–Trinajstić information content (AvgIpc) is 2.64. The predicted octanol–water partition coefficient (Wildman–Crippen LogP) is 1.34. The molecule has 2 heterocycles. The highest BCUT2D eigenvalue weighted by atomic mass is 16.5. The van der Waals surface area contributed by atoms with Crippen LogP contribution < -0.4 is 5.73 Å². The summed E-state index contributed by atoms with van der Waals surface area (Å²) in [6.45, 7) is 3.86. The normalized spacial score (nSPS) is 11.7. The van der Waals surface area contributed by atoms with Crippen molar-refractivity contribution in [1.82, 2.24) is 15.1 Å². The lowest BCUT2D eigenvalue weighted by atomic mass is 10.0. The molecule has 0 fully saturated rings. The minimum atomic E-state index is -0.333. The molecule has 90 valence electrons. The zero-order valence-electron chi connectivity index (χ0n) is 10.1. The topological polar surface area (TPSA) is 77.8 Å². The van der Waals surface area contributed by atoms with Crippen LogP contribution >= 0.6 is 0 Å². The van der Waals surface area contributed by atoms with E-state index in [9.17, 15) is 0 Å². The lowest BCUT2D eigenvalue weighted by Crippen LogP contribution is -2.34. The second-order valence-electron chi connectivity index (χ2n) is 4.80. The summed E-state index contributed by atoms with van der Waals surface area (Å²) in [5.74, 6) is 1.26. The molecule has 2 aromatic heterocycles. The van der Waals surface area contributed by atoms with Gasteiger partial charge in [0.25, 0.3) is 0 Å². The van der Waals surface area contributed by atoms with Crippen LogP contribution in [0.25, 0.3) is 0 Å². The van der Waals surface area contributed by atoms with Gasteiger partial charge >= 0.3 is 0 Å². The van der Waals surface area contributed by atoms with Crippen molar-refractivity contribution in [2.75, 3.05) is 0 Å². The minimum Gasteiger partial charge on any atom is -0.339 e. The third-order valence-electron chi connectivity index (χ3n) is 2.23. The van der Waals surface area contributed by atoms with Gasteiger partial charge in [0.15, 0.2) is 5.82 Å². The molecule has 2 rings (SSSR count). The third kappa shape index (κ3) is 3.64. The third-order valence-corrected chi connectivity index (χ3v) is 2.23. The Bertz CT molecular complexity index is 473. The van der Waals surface area contributed by atoms with Crippen LogP contribution in [0.15, 0.2) is 29.0 Å². The molecule has 0 aromatic carbocycles. The van der Waals surface area contributed by atoms with E-state index in [1.165, 1.54) is 0 Å². The molecule has 0 aliphatic carbocycles. The molecule has 5 heteroatoms. The van der Waals surface area contributed by atoms with Gasteiger partial charge in [-0.15, -0.1) is 0 Å². The van der Waals surface area contributed by atoms with Crippen molar-refractivity contribution in [3.05, 3.63) is 41.8 Å². The number of rotatable bonds is 4. The summed E-state index contributed by atoms with van der Waals surface area (Å²) in [5.41, 5.74) is 6.67. The van der Waals surface area contributed by atoms with Gasteiger partial charge in [0, 0.05) is 30.8 Å². The smallest absolute Gasteiger partial charge is 0.228 e. The molecule has 2 aromatic rings. The Balaban J connectivity index is 2.04. The van der Waals surface area contributed by atoms with E-state index in [4.69, 9.17) is 10.3 Å². The van der Waals surface area contributed by atoms with Crippen molar-refractivity contribution >= 4 is 0 Å². The fourth-order valence-corrected chi connectivity index (χ4v) is 1.51. The molecule has 17 heavy (non-hydrogen) atoms. The summed E-state index contributed by atoms with van der Waals surface area (Å²) in [4.78, 5) is 8.27. The van der Waals surface area contributed by atoms with Gasteiger partial charge in [-0.2, -0.15) is 4.98 Å². The van der Waals surface area contributed by atoms with Gasteiger partial charge in [-0.05, 0) is 31.5 Å². The lowest BCUT2D eigenvalue weighted by Gasteiger charge is -2.14. The molecule has 5 nitrogen and oxygen atoms in total. The standard InChI is InChI=1S/C12H16N4O/c1-12(2,13)8-11-15-10(16-17-11)7-9-3-5-14-6-4-9/h3-6H,7-8,13H2,1-2H3. The lowest BCUT2D eigenvalue weighted by molar-refractivity contribution is 0.345. The number of hydrogen-bond donors (Lipinski definition) is 1. The Labute approximate surface area is 100 Å². The SMILES string of the molecule is CC(C)(N)Cc1nc(Cc2ccncc2)no1. The Morgan fingerprint density at radius 1 is 1.29 bits per heavy atom. The first-order valence-corrected chi connectivity index (χ1v) is 5.52. The molecular weight excluding hydrogens is 216 g/mol. The van der Waals surface area contributed by atoms with E-state index in [1.54, 1.807) is 12.4 Å². The van der Waals surface area contributed by atoms with Gasteiger partial charge < -0.3 is 10.3 Å². The first-order valence-electron chi connectivity index (χ1n) is 5.52. The van der Waals surface area contributed by atoms with Crippen molar-refractivity contribution in [3.8, 4) is 0 Å². The molecule has 0 radical (unpaired) electrons. The van der Waals surface area contributed by atoms with Crippen molar-refractivity contribution in [2.45, 2.75) is 32.2 Å². The predicted molar refractivity (Wildman–Crippen MR) is 63.3 cm³/mol. The van der Waals surface area contributed by atoms with Gasteiger partial charge in [-0.3, -0.25) is 4.98 Å². The zero-order valence-corrected chi connectivity index (χ0v) is 10.1. The van der Waals surface area contributed by atoms with Crippen LogP contribution in [-0.2, 0) is 12.8 Å². The number of nitrogens with two attached hydrogens (primary N) is 1. The van der Waals surface area contributed by atoms with Crippen molar-refractivity contribution in [1.29, 1.82) is 0 Å². The van der Waals surface area contributed by atoms with Crippen molar-refractivity contribution in [2.24, 2.45) is 5.73 Å². The first kappa shape index (κ1) is 11.7. The van der Waals surface area contributed by atoms with E-state index in [0.29, 0.717) is 24.6 Å². The van der Waals surface area contributed by atoms with Crippen LogP contribution in [0, 0.1) is 0 Å². The van der Waals surface area contributed by atoms with Crippen molar-refractivity contribution < 1.29 is 4.52 Å². The minimum absolute atomic E-state index is 0.333. The number of hydrogen-bond acceptors (Lipinski definition) is 5. The molecule has 0 aliphatic rings. The summed E-state index contributed by atoms with van der Waals surface area (Å²) < 4.78 is 5.16. The molecule has 0 atom stereocenters. The van der Waals surface area contributed by atoms with Gasteiger partial charge in [0.2, 0.25) is 5.89 Å². The monoisotopic (exact) mass is 232 g/mol. The van der Waals surface area contributed by atoms with E-state index >= 15 is 0 Å². The molecule has 0 bridgehead atoms. The highest BCUT2D eigenvalue weighted by molar-refractivity contribution is 5.14. The largest absolute Gasteiger partial charge is 0.339 e. The van der Waals surface area contributed by atoms with E-state index in [1.807, 2.05) is 26.0 Å². The number of pyridine rings is 1. The Morgan fingerprint density at radius 2 is 2.00 bits per heavy atom. The van der Waals surface area contributed by atoms with Gasteiger partial charge in [-0.25, -0.2) is 0 Å². The van der Waals surface area contributed by atoms with Crippen LogP contribution in [-0.4, -0.2) is 20.7 Å². The molecular formula is C12H16N4O. The molecule has 0 saturated heterocycles. The quantitative estimate of drug-likeness (QED) is 0.860. The van der Waals surface area contributed by atoms with Crippen LogP contribution in [0.5, 0.6) is 0 Å². The van der Waals surface area contributed by atoms with Crippen LogP contribution in [0.3, 0.4) is 0 Å². The second-order valence-corrected chi connectivity index (χ2v) is 4.80. The van der Waals surface area contributed by atoms with E-state index < -0.39 is 0 Å². The molecule has 0 unspecified atom stereocenters. The maximum Gasteiger partial charge on any atom is 0.228 e. The van der Waals surface area contributed by atoms with Gasteiger partial charge in [-0.1, -0.05) is 5.16 Å². The summed E-state index contributed by atoms with van der Waals surface area (Å²) in [6, 6.07) is 3.87. The maximum atomic E-state index is 5.89. The van der Waals surface area contributed by atoms with E-state index in [-0.39, 0.29) is 5.54 Å². The van der Waals surface area contributed by atoms with Crippen LogP contribution in [0.4, 0.5) is 0 Å². The summed E-state index contributed by atoms with van der Waals surface area (Å²) in [6.07, 6.45) is 4.73. The molecule has 0 saturated carbocycles. The summed E-state index contributed by atoms with van der Waals surface area (Å²) in [5, 5.41) is 3.93. The number of nitrogens with zero attached hydrogens (tertiary/aromatic N) is 3. The highest BCUT2D eigenvalue weighted by Crippen LogP contribution is 2.10. The Morgan fingerprint density at radius 3 is 2.65 bits per heavy atom. The summed E-state index contributed by atoms with van der Waals surface area (Å²) >= 11 is 0. The molecule has 0 spiro atoms. The van der Waals surface area contributed by atoms with Crippen LogP contribution in [0.2, 0.25) is 0 Å². The highest BCUT2D eigenvalue weighted by Gasteiger charge is 2.17. The van der Waals surface area contributed by atoms with E-state index in [0.717, 1.165) is 5.56 Å². The molecule has 0 aliphatic heterocycles. The molecule has 2 N–H and O–H groups in total. The first-order chi connectivity index (χ1) is 8.03. The van der Waals surface area contributed by atoms with Gasteiger partial charge in [0.05, 0.1) is 0 Å². The molecule has 0 amide bonds. The van der Waals surface area contributed by atoms with E-state index in [2.05, 4.69) is 15.1 Å². The van der Waals surface area contributed by atoms with Crippen molar-refractivity contribution in [3.63, 3.8) is 0 Å². The Kier molecular flexibility index (Phi) is 3.19. The summed E-state index contributed by atoms with van der Waals surface area (Å²) in [7, 11) is 0. The fraction of sp³-hybridized carbons (Fsp3) is 0.417. The second kappa shape index (κ2) is 4.63. The van der Waals surface area contributed by atoms with Gasteiger partial charge in [0.1, 0.15) is 0 Å². The van der Waals surface area contributed by atoms with Crippen LogP contribution in [0.1, 0.15) is 31.1 Å².